The average molecular weight is 271 g/mol. The molecule has 4 heteroatoms. The average Bonchev–Trinajstić information content (AvgIpc) is 3.00. The molecule has 1 aromatic heterocycles. The van der Waals surface area contributed by atoms with Crippen LogP contribution in [0.3, 0.4) is 0 Å². The van der Waals surface area contributed by atoms with E-state index in [2.05, 4.69) is 16.0 Å². The Morgan fingerprint density at radius 3 is 2.80 bits per heavy atom. The van der Waals surface area contributed by atoms with Crippen LogP contribution in [0.4, 0.5) is 0 Å². The van der Waals surface area contributed by atoms with Crippen LogP contribution in [0, 0.1) is 0 Å². The second kappa shape index (κ2) is 6.20. The van der Waals surface area contributed by atoms with E-state index in [0.717, 1.165) is 23.0 Å². The standard InChI is InChI=1S/C16H21N3O/c17-12-14-11-13-5-1-2-6-15(13)16(18-14)20-10-9-19-7-3-4-8-19/h1-2,5-6,11H,3-4,7-10,12,17H2. The zero-order valence-electron chi connectivity index (χ0n) is 11.7. The number of rotatable bonds is 5. The van der Waals surface area contributed by atoms with Crippen LogP contribution in [0.25, 0.3) is 10.8 Å². The molecule has 0 spiro atoms. The number of pyridine rings is 1. The lowest BCUT2D eigenvalue weighted by molar-refractivity contribution is 0.233. The van der Waals surface area contributed by atoms with E-state index >= 15 is 0 Å². The van der Waals surface area contributed by atoms with Gasteiger partial charge in [0, 0.05) is 18.5 Å². The van der Waals surface area contributed by atoms with Crippen LogP contribution in [-0.4, -0.2) is 36.1 Å². The fourth-order valence-corrected chi connectivity index (χ4v) is 2.71. The number of fused-ring (bicyclic) bond motifs is 1. The summed E-state index contributed by atoms with van der Waals surface area (Å²) in [5, 5.41) is 2.20. The number of likely N-dealkylation sites (tertiary alicyclic amines) is 1. The Labute approximate surface area is 119 Å². The minimum absolute atomic E-state index is 0.438. The highest BCUT2D eigenvalue weighted by Gasteiger charge is 2.12. The van der Waals surface area contributed by atoms with Gasteiger partial charge in [0.15, 0.2) is 0 Å². The smallest absolute Gasteiger partial charge is 0.221 e. The van der Waals surface area contributed by atoms with Crippen LogP contribution in [0.5, 0.6) is 5.88 Å². The van der Waals surface area contributed by atoms with Crippen molar-refractivity contribution < 1.29 is 4.74 Å². The van der Waals surface area contributed by atoms with E-state index in [1.54, 1.807) is 0 Å². The second-order valence-electron chi connectivity index (χ2n) is 5.24. The van der Waals surface area contributed by atoms with Gasteiger partial charge in [-0.05, 0) is 43.5 Å². The lowest BCUT2D eigenvalue weighted by atomic mass is 10.1. The highest BCUT2D eigenvalue weighted by Crippen LogP contribution is 2.24. The van der Waals surface area contributed by atoms with Crippen molar-refractivity contribution in [2.45, 2.75) is 19.4 Å². The number of nitrogens with two attached hydrogens (primary N) is 1. The molecular formula is C16H21N3O. The Balaban J connectivity index is 1.75. The van der Waals surface area contributed by atoms with Gasteiger partial charge in [-0.25, -0.2) is 4.98 Å². The molecule has 0 bridgehead atoms. The van der Waals surface area contributed by atoms with Crippen molar-refractivity contribution >= 4 is 10.8 Å². The summed E-state index contributed by atoms with van der Waals surface area (Å²) in [4.78, 5) is 6.96. The van der Waals surface area contributed by atoms with Gasteiger partial charge < -0.3 is 10.5 Å². The van der Waals surface area contributed by atoms with Crippen LogP contribution >= 0.6 is 0 Å². The van der Waals surface area contributed by atoms with Gasteiger partial charge in [-0.2, -0.15) is 0 Å². The first-order chi connectivity index (χ1) is 9.86. The molecule has 0 aliphatic carbocycles. The molecule has 1 aliphatic heterocycles. The number of nitrogens with zero attached hydrogens (tertiary/aromatic N) is 2. The monoisotopic (exact) mass is 271 g/mol. The predicted octanol–water partition coefficient (Wildman–Crippen LogP) is 2.17. The van der Waals surface area contributed by atoms with Crippen LogP contribution in [0.1, 0.15) is 18.5 Å². The number of hydrogen-bond donors (Lipinski definition) is 1. The van der Waals surface area contributed by atoms with Crippen molar-refractivity contribution in [3.05, 3.63) is 36.0 Å². The normalized spacial score (nSPS) is 15.8. The Kier molecular flexibility index (Phi) is 4.14. The predicted molar refractivity (Wildman–Crippen MR) is 80.8 cm³/mol. The first-order valence-electron chi connectivity index (χ1n) is 7.31. The Morgan fingerprint density at radius 2 is 2.00 bits per heavy atom. The zero-order valence-corrected chi connectivity index (χ0v) is 11.7. The van der Waals surface area contributed by atoms with E-state index in [4.69, 9.17) is 10.5 Å². The molecule has 106 valence electrons. The SMILES string of the molecule is NCc1cc2ccccc2c(OCCN2CCCC2)n1. The Bertz CT molecular complexity index is 579. The van der Waals surface area contributed by atoms with Crippen LogP contribution in [0.15, 0.2) is 30.3 Å². The van der Waals surface area contributed by atoms with Gasteiger partial charge in [0.05, 0.1) is 5.69 Å². The fraction of sp³-hybridized carbons (Fsp3) is 0.438. The molecule has 2 heterocycles. The minimum atomic E-state index is 0.438. The molecule has 0 radical (unpaired) electrons. The first kappa shape index (κ1) is 13.3. The van der Waals surface area contributed by atoms with Gasteiger partial charge in [0.2, 0.25) is 5.88 Å². The largest absolute Gasteiger partial charge is 0.476 e. The van der Waals surface area contributed by atoms with Crippen LogP contribution in [0.2, 0.25) is 0 Å². The molecule has 2 N–H and O–H groups in total. The van der Waals surface area contributed by atoms with E-state index in [9.17, 15) is 0 Å². The van der Waals surface area contributed by atoms with E-state index in [1.165, 1.54) is 25.9 Å². The lowest BCUT2D eigenvalue weighted by Gasteiger charge is -2.15. The highest BCUT2D eigenvalue weighted by molar-refractivity contribution is 5.87. The van der Waals surface area contributed by atoms with Gasteiger partial charge in [0.1, 0.15) is 6.61 Å². The van der Waals surface area contributed by atoms with Crippen molar-refractivity contribution in [2.24, 2.45) is 5.73 Å². The van der Waals surface area contributed by atoms with Crippen molar-refractivity contribution in [3.8, 4) is 5.88 Å². The zero-order chi connectivity index (χ0) is 13.8. The van der Waals surface area contributed by atoms with Crippen LogP contribution < -0.4 is 10.5 Å². The minimum Gasteiger partial charge on any atom is -0.476 e. The van der Waals surface area contributed by atoms with Crippen molar-refractivity contribution in [3.63, 3.8) is 0 Å². The van der Waals surface area contributed by atoms with E-state index in [-0.39, 0.29) is 0 Å². The molecule has 0 saturated carbocycles. The molecule has 0 atom stereocenters. The highest BCUT2D eigenvalue weighted by atomic mass is 16.5. The molecule has 20 heavy (non-hydrogen) atoms. The van der Waals surface area contributed by atoms with Crippen molar-refractivity contribution in [1.82, 2.24) is 9.88 Å². The molecule has 1 fully saturated rings. The fourth-order valence-electron chi connectivity index (χ4n) is 2.71. The molecule has 4 nitrogen and oxygen atoms in total. The molecule has 1 saturated heterocycles. The van der Waals surface area contributed by atoms with Gasteiger partial charge in [-0.15, -0.1) is 0 Å². The van der Waals surface area contributed by atoms with E-state index in [1.807, 2.05) is 24.3 Å². The first-order valence-corrected chi connectivity index (χ1v) is 7.31. The number of hydrogen-bond acceptors (Lipinski definition) is 4. The third-order valence-corrected chi connectivity index (χ3v) is 3.81. The molecule has 1 aromatic carbocycles. The summed E-state index contributed by atoms with van der Waals surface area (Å²) in [7, 11) is 0. The number of aromatic nitrogens is 1. The molecule has 0 amide bonds. The molecule has 2 aromatic rings. The molecule has 3 rings (SSSR count). The van der Waals surface area contributed by atoms with Gasteiger partial charge in [-0.1, -0.05) is 18.2 Å². The Morgan fingerprint density at radius 1 is 1.20 bits per heavy atom. The third-order valence-electron chi connectivity index (χ3n) is 3.81. The van der Waals surface area contributed by atoms with Crippen LogP contribution in [-0.2, 0) is 6.54 Å². The Hall–Kier alpha value is -1.65. The van der Waals surface area contributed by atoms with Gasteiger partial charge in [0.25, 0.3) is 0 Å². The number of benzene rings is 1. The maximum atomic E-state index is 5.92. The maximum absolute atomic E-state index is 5.92. The number of ether oxygens (including phenoxy) is 1. The summed E-state index contributed by atoms with van der Waals surface area (Å²) >= 11 is 0. The molecular weight excluding hydrogens is 250 g/mol. The summed E-state index contributed by atoms with van der Waals surface area (Å²) in [6.07, 6.45) is 2.62. The molecule has 1 aliphatic rings. The second-order valence-corrected chi connectivity index (χ2v) is 5.24. The van der Waals surface area contributed by atoms with E-state index < -0.39 is 0 Å². The van der Waals surface area contributed by atoms with Crippen molar-refractivity contribution in [1.29, 1.82) is 0 Å². The maximum Gasteiger partial charge on any atom is 0.221 e. The third kappa shape index (κ3) is 2.92. The summed E-state index contributed by atoms with van der Waals surface area (Å²) in [5.74, 6) is 0.711. The van der Waals surface area contributed by atoms with Crippen molar-refractivity contribution in [2.75, 3.05) is 26.2 Å². The lowest BCUT2D eigenvalue weighted by Crippen LogP contribution is -2.25. The van der Waals surface area contributed by atoms with Gasteiger partial charge in [-0.3, -0.25) is 4.90 Å². The molecule has 0 unspecified atom stereocenters. The summed E-state index contributed by atoms with van der Waals surface area (Å²) in [5.41, 5.74) is 6.59. The van der Waals surface area contributed by atoms with E-state index in [0.29, 0.717) is 19.0 Å². The topological polar surface area (TPSA) is 51.4 Å². The summed E-state index contributed by atoms with van der Waals surface area (Å²) in [6, 6.07) is 10.2. The summed E-state index contributed by atoms with van der Waals surface area (Å²) in [6.45, 7) is 4.49. The quantitative estimate of drug-likeness (QED) is 0.905. The van der Waals surface area contributed by atoms with Gasteiger partial charge >= 0.3 is 0 Å². The summed E-state index contributed by atoms with van der Waals surface area (Å²) < 4.78 is 5.92.